The number of nitrogens with two attached hydrogens (primary N) is 1. The van der Waals surface area contributed by atoms with Crippen LogP contribution >= 0.6 is 12.2 Å². The molecule has 106 valence electrons. The summed E-state index contributed by atoms with van der Waals surface area (Å²) in [4.78, 5) is 24.8. The molecule has 1 aliphatic rings. The minimum absolute atomic E-state index is 0.176. The average molecular weight is 293 g/mol. The van der Waals surface area contributed by atoms with Gasteiger partial charge in [-0.2, -0.15) is 0 Å². The molecule has 20 heavy (non-hydrogen) atoms. The number of ether oxygens (including phenoxy) is 1. The number of benzene rings is 1. The van der Waals surface area contributed by atoms with Gasteiger partial charge in [-0.25, -0.2) is 4.79 Å². The van der Waals surface area contributed by atoms with Crippen molar-refractivity contribution in [2.75, 3.05) is 25.0 Å². The molecule has 1 fully saturated rings. The zero-order valence-electron chi connectivity index (χ0n) is 10.8. The van der Waals surface area contributed by atoms with Gasteiger partial charge in [-0.3, -0.25) is 4.79 Å². The van der Waals surface area contributed by atoms with Crippen LogP contribution in [0, 0.1) is 0 Å². The van der Waals surface area contributed by atoms with Crippen molar-refractivity contribution in [3.05, 3.63) is 29.8 Å². The van der Waals surface area contributed by atoms with E-state index in [0.29, 0.717) is 30.9 Å². The Morgan fingerprint density at radius 2 is 2.30 bits per heavy atom. The van der Waals surface area contributed by atoms with Crippen LogP contribution in [0.2, 0.25) is 0 Å². The van der Waals surface area contributed by atoms with Gasteiger partial charge in [0.25, 0.3) is 0 Å². The number of rotatable bonds is 5. The van der Waals surface area contributed by atoms with Crippen LogP contribution < -0.4 is 11.1 Å². The molecule has 0 radical (unpaired) electrons. The van der Waals surface area contributed by atoms with Gasteiger partial charge in [0.05, 0.1) is 6.54 Å². The van der Waals surface area contributed by atoms with Crippen LogP contribution in [0.4, 0.5) is 10.5 Å². The zero-order chi connectivity index (χ0) is 14.5. The molecule has 0 aliphatic carbocycles. The van der Waals surface area contributed by atoms with Gasteiger partial charge in [-0.1, -0.05) is 24.4 Å². The molecule has 1 aromatic carbocycles. The Hall–Kier alpha value is -2.15. The van der Waals surface area contributed by atoms with Crippen LogP contribution in [-0.2, 0) is 9.53 Å². The molecule has 0 unspecified atom stereocenters. The van der Waals surface area contributed by atoms with Crippen molar-refractivity contribution in [1.82, 2.24) is 4.90 Å². The summed E-state index contributed by atoms with van der Waals surface area (Å²) in [5, 5.41) is 2.74. The first-order chi connectivity index (χ1) is 9.56. The lowest BCUT2D eigenvalue weighted by Gasteiger charge is -2.12. The van der Waals surface area contributed by atoms with Gasteiger partial charge in [0, 0.05) is 24.2 Å². The number of hydrogen-bond donors (Lipinski definition) is 2. The molecule has 1 aromatic rings. The van der Waals surface area contributed by atoms with Crippen LogP contribution in [0.15, 0.2) is 24.3 Å². The summed E-state index contributed by atoms with van der Waals surface area (Å²) in [7, 11) is 0. The summed E-state index contributed by atoms with van der Waals surface area (Å²) >= 11 is 4.88. The van der Waals surface area contributed by atoms with E-state index >= 15 is 0 Å². The molecule has 0 aromatic heterocycles. The third-order valence-corrected chi connectivity index (χ3v) is 3.12. The number of nitrogens with zero attached hydrogens (tertiary/aromatic N) is 1. The fourth-order valence-electron chi connectivity index (χ4n) is 1.84. The normalized spacial score (nSPS) is 14.0. The lowest BCUT2D eigenvalue weighted by molar-refractivity contribution is -0.116. The first-order valence-electron chi connectivity index (χ1n) is 6.17. The van der Waals surface area contributed by atoms with Gasteiger partial charge in [-0.15, -0.1) is 0 Å². The van der Waals surface area contributed by atoms with E-state index in [1.165, 1.54) is 4.90 Å². The monoisotopic (exact) mass is 293 g/mol. The smallest absolute Gasteiger partial charge is 0.409 e. The number of hydrogen-bond acceptors (Lipinski definition) is 4. The molecule has 0 saturated carbocycles. The molecular formula is C13H15N3O3S. The Morgan fingerprint density at radius 1 is 1.50 bits per heavy atom. The molecule has 2 rings (SSSR count). The Balaban J connectivity index is 1.86. The van der Waals surface area contributed by atoms with Crippen LogP contribution in [0.1, 0.15) is 12.0 Å². The van der Waals surface area contributed by atoms with Crippen LogP contribution in [0.3, 0.4) is 0 Å². The van der Waals surface area contributed by atoms with Crippen LogP contribution in [0.5, 0.6) is 0 Å². The molecule has 0 bridgehead atoms. The van der Waals surface area contributed by atoms with E-state index in [4.69, 9.17) is 22.7 Å². The maximum atomic E-state index is 11.8. The molecule has 1 heterocycles. The molecule has 6 nitrogen and oxygen atoms in total. The summed E-state index contributed by atoms with van der Waals surface area (Å²) in [6.07, 6.45) is -0.153. The molecule has 1 aliphatic heterocycles. The minimum atomic E-state index is -0.367. The Bertz CT molecular complexity index is 547. The number of nitrogens with one attached hydrogen (secondary N) is 1. The van der Waals surface area contributed by atoms with Crippen molar-refractivity contribution in [3.8, 4) is 0 Å². The highest BCUT2D eigenvalue weighted by atomic mass is 32.1. The Kier molecular flexibility index (Phi) is 4.52. The summed E-state index contributed by atoms with van der Waals surface area (Å²) in [5.74, 6) is -0.176. The second-order valence-corrected chi connectivity index (χ2v) is 4.78. The minimum Gasteiger partial charge on any atom is -0.448 e. The number of anilines is 1. The third-order valence-electron chi connectivity index (χ3n) is 2.88. The molecule has 7 heteroatoms. The molecule has 0 atom stereocenters. The fraction of sp³-hybridized carbons (Fsp3) is 0.308. The van der Waals surface area contributed by atoms with E-state index in [1.54, 1.807) is 24.3 Å². The number of thiocarbonyl (C=S) groups is 1. The van der Waals surface area contributed by atoms with Gasteiger partial charge in [-0.05, 0) is 12.1 Å². The van der Waals surface area contributed by atoms with Crippen molar-refractivity contribution in [2.45, 2.75) is 6.42 Å². The lowest BCUT2D eigenvalue weighted by atomic mass is 10.2. The maximum absolute atomic E-state index is 11.8. The first-order valence-corrected chi connectivity index (χ1v) is 6.58. The van der Waals surface area contributed by atoms with E-state index in [9.17, 15) is 9.59 Å². The van der Waals surface area contributed by atoms with Crippen LogP contribution in [-0.4, -0.2) is 41.6 Å². The topological polar surface area (TPSA) is 84.7 Å². The van der Waals surface area contributed by atoms with E-state index in [2.05, 4.69) is 5.32 Å². The number of carbonyl (C=O) groups excluding carboxylic acids is 2. The molecular weight excluding hydrogens is 278 g/mol. The number of carbonyl (C=O) groups is 2. The Labute approximate surface area is 121 Å². The summed E-state index contributed by atoms with van der Waals surface area (Å²) < 4.78 is 4.79. The van der Waals surface area contributed by atoms with Gasteiger partial charge >= 0.3 is 6.09 Å². The molecule has 0 spiro atoms. The van der Waals surface area contributed by atoms with Gasteiger partial charge < -0.3 is 20.7 Å². The predicted molar refractivity (Wildman–Crippen MR) is 78.5 cm³/mol. The van der Waals surface area contributed by atoms with Crippen molar-refractivity contribution in [2.24, 2.45) is 5.73 Å². The fourth-order valence-corrected chi connectivity index (χ4v) is 1.97. The van der Waals surface area contributed by atoms with Crippen LogP contribution in [0.25, 0.3) is 0 Å². The summed E-state index contributed by atoms with van der Waals surface area (Å²) in [6, 6.07) is 7.01. The standard InChI is InChI=1S/C13H15N3O3S/c14-12(20)9-2-1-3-10(8-9)15-11(17)4-5-16-6-7-19-13(16)18/h1-3,8H,4-7H2,(H2,14,20)(H,15,17). The SMILES string of the molecule is NC(=S)c1cccc(NC(=O)CCN2CCOC2=O)c1. The van der Waals surface area contributed by atoms with E-state index in [1.807, 2.05) is 0 Å². The molecule has 1 saturated heterocycles. The summed E-state index contributed by atoms with van der Waals surface area (Å²) in [6.45, 7) is 1.26. The molecule has 2 amide bonds. The second-order valence-electron chi connectivity index (χ2n) is 4.34. The Morgan fingerprint density at radius 3 is 2.95 bits per heavy atom. The van der Waals surface area contributed by atoms with E-state index in [0.717, 1.165) is 0 Å². The average Bonchev–Trinajstić information content (AvgIpc) is 2.82. The first kappa shape index (κ1) is 14.3. The van der Waals surface area contributed by atoms with E-state index < -0.39 is 0 Å². The van der Waals surface area contributed by atoms with Crippen molar-refractivity contribution in [1.29, 1.82) is 0 Å². The van der Waals surface area contributed by atoms with Gasteiger partial charge in [0.1, 0.15) is 11.6 Å². The molecule has 3 N–H and O–H groups in total. The van der Waals surface area contributed by atoms with Crippen molar-refractivity contribution in [3.63, 3.8) is 0 Å². The largest absolute Gasteiger partial charge is 0.448 e. The zero-order valence-corrected chi connectivity index (χ0v) is 11.6. The second kappa shape index (κ2) is 6.33. The van der Waals surface area contributed by atoms with E-state index in [-0.39, 0.29) is 23.4 Å². The highest BCUT2D eigenvalue weighted by molar-refractivity contribution is 7.80. The third kappa shape index (κ3) is 3.67. The summed E-state index contributed by atoms with van der Waals surface area (Å²) in [5.41, 5.74) is 6.86. The lowest BCUT2D eigenvalue weighted by Crippen LogP contribution is -2.28. The number of cyclic esters (lactones) is 1. The van der Waals surface area contributed by atoms with Crippen molar-refractivity contribution < 1.29 is 14.3 Å². The predicted octanol–water partition coefficient (Wildman–Crippen LogP) is 1.10. The highest BCUT2D eigenvalue weighted by Crippen LogP contribution is 2.11. The maximum Gasteiger partial charge on any atom is 0.409 e. The highest BCUT2D eigenvalue weighted by Gasteiger charge is 2.22. The number of amides is 2. The van der Waals surface area contributed by atoms with Crippen molar-refractivity contribution >= 4 is 34.9 Å². The van der Waals surface area contributed by atoms with Gasteiger partial charge in [0.2, 0.25) is 5.91 Å². The quantitative estimate of drug-likeness (QED) is 0.794. The van der Waals surface area contributed by atoms with Gasteiger partial charge in [0.15, 0.2) is 0 Å².